The highest BCUT2D eigenvalue weighted by Gasteiger charge is 2.08. The van der Waals surface area contributed by atoms with E-state index in [2.05, 4.69) is 49.4 Å². The summed E-state index contributed by atoms with van der Waals surface area (Å²) in [6.45, 7) is 4.03. The summed E-state index contributed by atoms with van der Waals surface area (Å²) >= 11 is 0. The minimum atomic E-state index is 0.188. The van der Waals surface area contributed by atoms with E-state index < -0.39 is 0 Å². The Kier molecular flexibility index (Phi) is 3.57. The van der Waals surface area contributed by atoms with Crippen molar-refractivity contribution in [3.63, 3.8) is 0 Å². The molecule has 0 aliphatic carbocycles. The molecule has 0 amide bonds. The average Bonchev–Trinajstić information content (AvgIpc) is 2.55. The number of rotatable bonds is 3. The van der Waals surface area contributed by atoms with Crippen LogP contribution >= 0.6 is 0 Å². The largest absolute Gasteiger partial charge is 0.294 e. The second kappa shape index (κ2) is 5.53. The van der Waals surface area contributed by atoms with Gasteiger partial charge in [0.1, 0.15) is 0 Å². The second-order valence-corrected chi connectivity index (χ2v) is 5.33. The molecular formula is C20H18O. The summed E-state index contributed by atoms with van der Waals surface area (Å²) in [6, 6.07) is 20.6. The normalized spacial score (nSPS) is 10.8. The molecule has 0 bridgehead atoms. The van der Waals surface area contributed by atoms with Crippen molar-refractivity contribution in [2.45, 2.75) is 20.3 Å². The van der Waals surface area contributed by atoms with E-state index in [1.165, 1.54) is 21.9 Å². The van der Waals surface area contributed by atoms with Gasteiger partial charge in [0.25, 0.3) is 0 Å². The van der Waals surface area contributed by atoms with Crippen LogP contribution in [0.15, 0.2) is 60.7 Å². The third-order valence-corrected chi connectivity index (χ3v) is 3.96. The van der Waals surface area contributed by atoms with Crippen LogP contribution in [0.25, 0.3) is 21.9 Å². The SMILES string of the molecule is CCC(=O)c1cccc(-c2ccc(C)c3ccccc23)c1. The van der Waals surface area contributed by atoms with Crippen LogP contribution in [-0.2, 0) is 0 Å². The molecule has 0 aliphatic heterocycles. The number of Topliss-reactive ketones (excluding diaryl/α,β-unsaturated/α-hetero) is 1. The summed E-state index contributed by atoms with van der Waals surface area (Å²) < 4.78 is 0. The van der Waals surface area contributed by atoms with E-state index in [9.17, 15) is 4.79 Å². The van der Waals surface area contributed by atoms with Gasteiger partial charge in [0.15, 0.2) is 5.78 Å². The standard InChI is InChI=1S/C20H18O/c1-3-20(21)16-8-6-7-15(13-16)18-12-11-14(2)17-9-4-5-10-19(17)18/h4-13H,3H2,1-2H3. The Hall–Kier alpha value is -2.41. The zero-order valence-corrected chi connectivity index (χ0v) is 12.4. The van der Waals surface area contributed by atoms with Crippen LogP contribution in [0.3, 0.4) is 0 Å². The molecule has 0 unspecified atom stereocenters. The summed E-state index contributed by atoms with van der Waals surface area (Å²) in [5.41, 5.74) is 4.35. The highest BCUT2D eigenvalue weighted by Crippen LogP contribution is 2.31. The summed E-state index contributed by atoms with van der Waals surface area (Å²) in [7, 11) is 0. The Morgan fingerprint density at radius 2 is 1.67 bits per heavy atom. The number of carbonyl (C=O) groups is 1. The Morgan fingerprint density at radius 1 is 0.905 bits per heavy atom. The summed E-state index contributed by atoms with van der Waals surface area (Å²) in [5.74, 6) is 0.188. The average molecular weight is 274 g/mol. The number of benzene rings is 3. The van der Waals surface area contributed by atoms with E-state index in [0.717, 1.165) is 11.1 Å². The van der Waals surface area contributed by atoms with Crippen molar-refractivity contribution in [1.29, 1.82) is 0 Å². The maximum absolute atomic E-state index is 11.9. The minimum absolute atomic E-state index is 0.188. The van der Waals surface area contributed by atoms with Crippen molar-refractivity contribution in [3.8, 4) is 11.1 Å². The molecule has 21 heavy (non-hydrogen) atoms. The summed E-state index contributed by atoms with van der Waals surface area (Å²) in [4.78, 5) is 11.9. The molecule has 0 N–H and O–H groups in total. The number of fused-ring (bicyclic) bond motifs is 1. The Labute approximate surface area is 125 Å². The quantitative estimate of drug-likeness (QED) is 0.584. The first kappa shape index (κ1) is 13.6. The molecule has 3 aromatic carbocycles. The fraction of sp³-hybridized carbons (Fsp3) is 0.150. The van der Waals surface area contributed by atoms with E-state index in [1.807, 2.05) is 25.1 Å². The molecule has 0 radical (unpaired) electrons. The molecule has 1 heteroatoms. The van der Waals surface area contributed by atoms with Gasteiger partial charge in [-0.15, -0.1) is 0 Å². The fourth-order valence-corrected chi connectivity index (χ4v) is 2.77. The Morgan fingerprint density at radius 3 is 2.43 bits per heavy atom. The van der Waals surface area contributed by atoms with Gasteiger partial charge in [-0.3, -0.25) is 4.79 Å². The van der Waals surface area contributed by atoms with Gasteiger partial charge in [-0.25, -0.2) is 0 Å². The first-order chi connectivity index (χ1) is 10.2. The maximum atomic E-state index is 11.9. The van der Waals surface area contributed by atoms with Crippen molar-refractivity contribution in [1.82, 2.24) is 0 Å². The van der Waals surface area contributed by atoms with E-state index in [4.69, 9.17) is 0 Å². The fourth-order valence-electron chi connectivity index (χ4n) is 2.77. The monoisotopic (exact) mass is 274 g/mol. The van der Waals surface area contributed by atoms with Gasteiger partial charge < -0.3 is 0 Å². The Balaban J connectivity index is 2.22. The molecular weight excluding hydrogens is 256 g/mol. The smallest absolute Gasteiger partial charge is 0.162 e. The van der Waals surface area contributed by atoms with E-state index in [0.29, 0.717) is 6.42 Å². The van der Waals surface area contributed by atoms with Crippen molar-refractivity contribution in [3.05, 3.63) is 71.8 Å². The molecule has 3 aromatic rings. The van der Waals surface area contributed by atoms with E-state index >= 15 is 0 Å². The topological polar surface area (TPSA) is 17.1 Å². The van der Waals surface area contributed by atoms with E-state index in [-0.39, 0.29) is 5.78 Å². The van der Waals surface area contributed by atoms with Gasteiger partial charge in [-0.05, 0) is 40.5 Å². The van der Waals surface area contributed by atoms with Crippen molar-refractivity contribution in [2.24, 2.45) is 0 Å². The van der Waals surface area contributed by atoms with Crippen LogP contribution in [0.2, 0.25) is 0 Å². The van der Waals surface area contributed by atoms with Crippen LogP contribution in [0.1, 0.15) is 29.3 Å². The number of aryl methyl sites for hydroxylation is 1. The van der Waals surface area contributed by atoms with Gasteiger partial charge in [0, 0.05) is 12.0 Å². The molecule has 1 nitrogen and oxygen atoms in total. The van der Waals surface area contributed by atoms with Gasteiger partial charge in [0.05, 0.1) is 0 Å². The molecule has 0 saturated carbocycles. The van der Waals surface area contributed by atoms with Gasteiger partial charge in [-0.1, -0.05) is 61.5 Å². The predicted molar refractivity (Wildman–Crippen MR) is 88.7 cm³/mol. The lowest BCUT2D eigenvalue weighted by Crippen LogP contribution is -1.96. The highest BCUT2D eigenvalue weighted by atomic mass is 16.1. The summed E-state index contributed by atoms with van der Waals surface area (Å²) in [6.07, 6.45) is 0.540. The van der Waals surface area contributed by atoms with Crippen molar-refractivity contribution in [2.75, 3.05) is 0 Å². The molecule has 0 heterocycles. The van der Waals surface area contributed by atoms with Gasteiger partial charge in [-0.2, -0.15) is 0 Å². The number of hydrogen-bond donors (Lipinski definition) is 0. The zero-order chi connectivity index (χ0) is 14.8. The van der Waals surface area contributed by atoms with Crippen LogP contribution in [0.5, 0.6) is 0 Å². The first-order valence-corrected chi connectivity index (χ1v) is 7.32. The first-order valence-electron chi connectivity index (χ1n) is 7.32. The van der Waals surface area contributed by atoms with Crippen LogP contribution in [0, 0.1) is 6.92 Å². The number of hydrogen-bond acceptors (Lipinski definition) is 1. The second-order valence-electron chi connectivity index (χ2n) is 5.33. The lowest BCUT2D eigenvalue weighted by Gasteiger charge is -2.10. The predicted octanol–water partition coefficient (Wildman–Crippen LogP) is 5.41. The minimum Gasteiger partial charge on any atom is -0.294 e. The Bertz CT molecular complexity index is 815. The van der Waals surface area contributed by atoms with Crippen LogP contribution in [-0.4, -0.2) is 5.78 Å². The van der Waals surface area contributed by atoms with Gasteiger partial charge in [0.2, 0.25) is 0 Å². The molecule has 104 valence electrons. The molecule has 0 aromatic heterocycles. The van der Waals surface area contributed by atoms with Gasteiger partial charge >= 0.3 is 0 Å². The molecule has 3 rings (SSSR count). The molecule has 0 atom stereocenters. The van der Waals surface area contributed by atoms with E-state index in [1.54, 1.807) is 0 Å². The van der Waals surface area contributed by atoms with Crippen molar-refractivity contribution >= 4 is 16.6 Å². The summed E-state index contributed by atoms with van der Waals surface area (Å²) in [5, 5.41) is 2.50. The number of carbonyl (C=O) groups excluding carboxylic acids is 1. The molecule has 0 aliphatic rings. The highest BCUT2D eigenvalue weighted by molar-refractivity contribution is 6.01. The van der Waals surface area contributed by atoms with Crippen LogP contribution < -0.4 is 0 Å². The third kappa shape index (κ3) is 2.47. The number of ketones is 1. The molecule has 0 saturated heterocycles. The lowest BCUT2D eigenvalue weighted by molar-refractivity contribution is 0.0988. The zero-order valence-electron chi connectivity index (χ0n) is 12.4. The third-order valence-electron chi connectivity index (χ3n) is 3.96. The maximum Gasteiger partial charge on any atom is 0.162 e. The van der Waals surface area contributed by atoms with Crippen molar-refractivity contribution < 1.29 is 4.79 Å². The lowest BCUT2D eigenvalue weighted by atomic mass is 9.94. The van der Waals surface area contributed by atoms with Crippen LogP contribution in [0.4, 0.5) is 0 Å². The molecule has 0 fully saturated rings. The molecule has 0 spiro atoms.